The minimum Gasteiger partial charge on any atom is -0.870 e. The second-order valence-corrected chi connectivity index (χ2v) is 15.4. The topological polar surface area (TPSA) is 1400 Å². The molecule has 6 aromatic heterocycles. The molecule has 0 bridgehead atoms. The van der Waals surface area contributed by atoms with Crippen LogP contribution in [-0.4, -0.2) is 243 Å². The maximum Gasteiger partial charge on any atom is 3.00 e. The van der Waals surface area contributed by atoms with Crippen molar-refractivity contribution in [2.24, 2.45) is 0 Å². The van der Waals surface area contributed by atoms with Gasteiger partial charge in [0.2, 0.25) is 0 Å². The predicted molar refractivity (Wildman–Crippen MR) is 315 cm³/mol. The van der Waals surface area contributed by atoms with Gasteiger partial charge < -0.3 is 271 Å². The van der Waals surface area contributed by atoms with Crippen molar-refractivity contribution in [3.8, 4) is 0 Å². The van der Waals surface area contributed by atoms with Crippen LogP contribution in [-0.2, 0) is 83.9 Å². The number of rotatable bonds is 12. The van der Waals surface area contributed by atoms with Crippen LogP contribution in [0.4, 0.5) is 0 Å². The van der Waals surface area contributed by atoms with Crippen LogP contribution < -0.4 is 131 Å². The molecule has 0 unspecified atom stereocenters. The molecule has 0 aliphatic heterocycles. The molecule has 6 rings (SSSR count). The van der Waals surface area contributed by atoms with E-state index in [1.807, 2.05) is 0 Å². The van der Waals surface area contributed by atoms with Crippen LogP contribution in [0.25, 0.3) is 0 Å². The quantitative estimate of drug-likeness (QED) is 0.0475. The molecular weight excluding hydrogens is 1970 g/mol. The zero-order valence-corrected chi connectivity index (χ0v) is 67.7. The van der Waals surface area contributed by atoms with Gasteiger partial charge >= 0.3 is 143 Å². The van der Waals surface area contributed by atoms with E-state index >= 15 is 0 Å². The Hall–Kier alpha value is -6.31. The van der Waals surface area contributed by atoms with Gasteiger partial charge in [-0.1, -0.05) is 69.6 Å². The SMILES string of the molecule is O.O.O.O.O.O.O.O.O.O.O.O.O.O.O.O.O.O.O.O.O=C([O-])c1cc(Cl)cc(C(=O)[O-])n1.O=C([O-])c1cc(Cl)cc(C(=O)[O-])n1.O=C([O-])c1cc(Cl)cc(C(=O)[O-])n1.O=C([O-])c1cc(Cl)cc(C(=O)[O-])n1.O=C([O-])c1cc(Cl)cc(C(=O)[O-])n1.O=C([O-])c1cc(Cl)cc(C(=O)[O-])n1.[Co+2].[Co+3].[Co+3].[Co+3].[Co+3].[Na+].[Na+].[O-][OH2+].[O-][OH2+].[OH-].[OH-].[OH-].[OH-]. The van der Waals surface area contributed by atoms with Gasteiger partial charge in [-0.25, -0.2) is 29.9 Å². The van der Waals surface area contributed by atoms with Crippen LogP contribution in [0, 0.1) is 0 Å². The van der Waals surface area contributed by atoms with E-state index in [2.05, 4.69) is 40.4 Å². The van der Waals surface area contributed by atoms with Crippen molar-refractivity contribution in [3.05, 3.63) is 171 Å². The number of halogens is 6. The molecule has 0 aromatic carbocycles. The molecule has 0 aliphatic carbocycles. The summed E-state index contributed by atoms with van der Waals surface area (Å²) in [5.74, 6) is -19.1. The Morgan fingerprint density at radius 1 is 0.195 bits per heavy atom. The Morgan fingerprint density at radius 3 is 0.274 bits per heavy atom. The Balaban J connectivity index is -0.0000000206. The summed E-state index contributed by atoms with van der Waals surface area (Å²) in [4.78, 5) is 143. The molecule has 0 aliphatic rings. The summed E-state index contributed by atoms with van der Waals surface area (Å²) in [5, 5.41) is 147. The number of hydrogen-bond acceptors (Lipinski definition) is 36. The first-order valence-electron chi connectivity index (χ1n) is 19.1. The van der Waals surface area contributed by atoms with Crippen LogP contribution in [0.15, 0.2) is 72.8 Å². The molecule has 6 heterocycles. The van der Waals surface area contributed by atoms with E-state index in [0.717, 1.165) is 72.8 Å². The molecule has 0 saturated carbocycles. The molecule has 659 valence electrons. The van der Waals surface area contributed by atoms with E-state index in [1.54, 1.807) is 0 Å². The Morgan fingerprint density at radius 2 is 0.239 bits per heavy atom. The van der Waals surface area contributed by atoms with Gasteiger partial charge in [-0.2, -0.15) is 0 Å². The molecule has 0 atom stereocenters. The average Bonchev–Trinajstić information content (AvgIpc) is 3.39. The molecular formula is C42H60Cl6Co5N6Na2O52. The first-order chi connectivity index (χ1) is 38.0. The van der Waals surface area contributed by atoms with E-state index in [0.29, 0.717) is 0 Å². The van der Waals surface area contributed by atoms with E-state index in [1.165, 1.54) is 0 Å². The zero-order chi connectivity index (χ0) is 64.0. The monoisotopic (exact) mass is 2030 g/mol. The third-order valence-corrected chi connectivity index (χ3v) is 8.56. The molecule has 48 N–H and O–H groups in total. The Bertz CT molecular complexity index is 2720. The summed E-state index contributed by atoms with van der Waals surface area (Å²) < 4.78 is 0. The summed E-state index contributed by atoms with van der Waals surface area (Å²) in [6.45, 7) is 0. The van der Waals surface area contributed by atoms with Gasteiger partial charge in [0.1, 0.15) is 0 Å². The molecule has 6 aromatic rings. The van der Waals surface area contributed by atoms with Crippen LogP contribution in [0.2, 0.25) is 30.1 Å². The van der Waals surface area contributed by atoms with Gasteiger partial charge in [0.05, 0.1) is 140 Å². The number of pyridine rings is 6. The van der Waals surface area contributed by atoms with Crippen molar-refractivity contribution in [3.63, 3.8) is 0 Å². The smallest absolute Gasteiger partial charge is 0.870 e. The van der Waals surface area contributed by atoms with Gasteiger partial charge in [0.15, 0.2) is 0 Å². The van der Waals surface area contributed by atoms with Gasteiger partial charge in [0, 0.05) is 30.1 Å². The Labute approximate surface area is 750 Å². The standard InChI is InChI=1S/6C7H4ClNO4.5Co.2Na.2H2O2.24H2O/c6*8-3-1-4(6(10)11)9-5(2-3)7(12)13;;;;;;;;2*1-2;;;;;;;;;;;;;;;;;;;;;;;;/h6*1-2H,(H,10,11)(H,12,13);;;;;;;;2*1H2;24*1H2/q;;;;;;+2;4*+3;2*+1;;;;;;;;;;;;;;;;;;;;;;;;;;/p-16. The van der Waals surface area contributed by atoms with Crippen molar-refractivity contribution in [2.75, 3.05) is 0 Å². The second-order valence-electron chi connectivity index (χ2n) is 12.8. The van der Waals surface area contributed by atoms with Crippen molar-refractivity contribution < 1.29 is 414 Å². The van der Waals surface area contributed by atoms with E-state index in [-0.39, 0.29) is 305 Å². The number of carbonyl (C=O) groups is 12. The fourth-order valence-corrected chi connectivity index (χ4v) is 5.48. The minimum absolute atomic E-state index is 0. The van der Waals surface area contributed by atoms with Crippen LogP contribution in [0.5, 0.6) is 0 Å². The second kappa shape index (κ2) is 112. The molecule has 0 saturated heterocycles. The predicted octanol–water partition coefficient (Wildman–Crippen LogP) is -36.5. The molecule has 1 radical (unpaired) electrons. The third kappa shape index (κ3) is 87.9. The normalized spacial score (nSPS) is 6.74. The fraction of sp³-hybridized carbons (Fsp3) is 0. The summed E-state index contributed by atoms with van der Waals surface area (Å²) in [5.41, 5.74) is -6.43. The molecule has 0 amide bonds. The third-order valence-electron chi connectivity index (χ3n) is 7.25. The largest absolute Gasteiger partial charge is 3.00 e. The van der Waals surface area contributed by atoms with Crippen molar-refractivity contribution in [2.45, 2.75) is 0 Å². The number of aromatic carboxylic acids is 12. The van der Waals surface area contributed by atoms with Crippen LogP contribution in [0.1, 0.15) is 126 Å². The number of hydrogen-bond donors (Lipinski definition) is 0. The van der Waals surface area contributed by atoms with Crippen molar-refractivity contribution in [1.29, 1.82) is 0 Å². The van der Waals surface area contributed by atoms with E-state index in [9.17, 15) is 119 Å². The number of nitrogens with zero attached hydrogens (tertiary/aromatic N) is 6. The molecule has 0 spiro atoms. The van der Waals surface area contributed by atoms with Crippen molar-refractivity contribution in [1.82, 2.24) is 29.9 Å². The van der Waals surface area contributed by atoms with E-state index < -0.39 is 140 Å². The molecule has 0 fully saturated rings. The number of carboxylic acids is 12. The maximum atomic E-state index is 10.3. The first kappa shape index (κ1) is 219. The minimum atomic E-state index is -1.59. The first-order valence-corrected chi connectivity index (χ1v) is 21.3. The van der Waals surface area contributed by atoms with E-state index in [4.69, 9.17) is 80.1 Å². The van der Waals surface area contributed by atoms with Gasteiger partial charge in [-0.3, -0.25) is 0 Å². The van der Waals surface area contributed by atoms with Gasteiger partial charge in [0.25, 0.3) is 0 Å². The summed E-state index contributed by atoms with van der Waals surface area (Å²) in [6, 6.07) is 11.9. The number of carbonyl (C=O) groups excluding carboxylic acids is 12. The Kier molecular flexibility index (Phi) is 218. The summed E-state index contributed by atoms with van der Waals surface area (Å²) >= 11 is 32.5. The number of aromatic nitrogens is 6. The molecule has 71 heteroatoms. The van der Waals surface area contributed by atoms with Crippen LogP contribution >= 0.6 is 69.6 Å². The molecule has 113 heavy (non-hydrogen) atoms. The van der Waals surface area contributed by atoms with Crippen LogP contribution in [0.3, 0.4) is 0 Å². The van der Waals surface area contributed by atoms with Gasteiger partial charge in [-0.15, -0.1) is 0 Å². The maximum absolute atomic E-state index is 10.3. The van der Waals surface area contributed by atoms with Crippen molar-refractivity contribution >= 4 is 141 Å². The van der Waals surface area contributed by atoms with Gasteiger partial charge in [-0.05, 0) is 72.8 Å². The summed E-state index contributed by atoms with van der Waals surface area (Å²) in [6.07, 6.45) is 0. The average molecular weight is 2030 g/mol. The molecule has 58 nitrogen and oxygen atoms in total. The summed E-state index contributed by atoms with van der Waals surface area (Å²) in [7, 11) is 0. The number of carboxylic acid groups (broad SMARTS) is 12. The fourth-order valence-electron chi connectivity index (χ4n) is 4.24. The zero-order valence-electron chi connectivity index (χ0n) is 53.9.